The summed E-state index contributed by atoms with van der Waals surface area (Å²) >= 11 is 0. The first-order chi connectivity index (χ1) is 35.1. The van der Waals surface area contributed by atoms with Gasteiger partial charge in [-0.3, -0.25) is 0 Å². The van der Waals surface area contributed by atoms with Crippen molar-refractivity contribution < 1.29 is 8.83 Å². The smallest absolute Gasteiger partial charge is 0.227 e. The van der Waals surface area contributed by atoms with Gasteiger partial charge in [-0.05, 0) is 131 Å². The molecule has 6 nitrogen and oxygen atoms in total. The Labute approximate surface area is 411 Å². The zero-order valence-electron chi connectivity index (χ0n) is 39.0. The lowest BCUT2D eigenvalue weighted by molar-refractivity contribution is 0.616. The van der Waals surface area contributed by atoms with Crippen LogP contribution in [0.2, 0.25) is 0 Å². The molecule has 71 heavy (non-hydrogen) atoms. The van der Waals surface area contributed by atoms with Gasteiger partial charge in [0.05, 0.1) is 16.8 Å². The standard InChI is InChI=1S/C65H44N4O2/c1-41-23-15-21-37-53(41)68(45-29-11-5-12-30-45)55-39-51-57(61-59(55)66-63(70-61)43-25-7-3-8-26-43)58-52(65(51)49-35-19-17-33-47(49)48-34-18-20-36-50(48)65)40-56(60-62(58)71-64(67-60)44-27-9-4-10-28-44)69(46-31-13-6-14-32-46)54-38-22-16-24-42(54)2/h3-40H,1-2H3. The molecule has 6 heteroatoms. The molecule has 0 saturated heterocycles. The first-order valence-electron chi connectivity index (χ1n) is 24.2. The van der Waals surface area contributed by atoms with Crippen molar-refractivity contribution in [3.8, 4) is 45.2 Å². The van der Waals surface area contributed by atoms with Crippen LogP contribution in [-0.2, 0) is 5.41 Å². The molecule has 0 saturated carbocycles. The number of para-hydroxylation sites is 4. The van der Waals surface area contributed by atoms with Crippen molar-refractivity contribution in [2.24, 2.45) is 0 Å². The summed E-state index contributed by atoms with van der Waals surface area (Å²) in [5, 5.41) is 0. The predicted molar refractivity (Wildman–Crippen MR) is 288 cm³/mol. The van der Waals surface area contributed by atoms with Crippen LogP contribution in [0.15, 0.2) is 239 Å². The topological polar surface area (TPSA) is 58.5 Å². The Kier molecular flexibility index (Phi) is 9.14. The van der Waals surface area contributed by atoms with E-state index in [2.05, 4.69) is 218 Å². The monoisotopic (exact) mass is 912 g/mol. The van der Waals surface area contributed by atoms with Gasteiger partial charge in [0.2, 0.25) is 11.8 Å². The molecule has 1 spiro atoms. The Bertz CT molecular complexity index is 3770. The fourth-order valence-electron chi connectivity index (χ4n) is 11.5. The number of anilines is 6. The predicted octanol–water partition coefficient (Wildman–Crippen LogP) is 17.2. The van der Waals surface area contributed by atoms with Gasteiger partial charge in [-0.15, -0.1) is 0 Å². The van der Waals surface area contributed by atoms with Gasteiger partial charge in [0.1, 0.15) is 11.0 Å². The number of aromatic nitrogens is 2. The van der Waals surface area contributed by atoms with Crippen molar-refractivity contribution in [1.82, 2.24) is 9.97 Å². The number of hydrogen-bond donors (Lipinski definition) is 0. The van der Waals surface area contributed by atoms with Crippen LogP contribution in [0.4, 0.5) is 34.1 Å². The van der Waals surface area contributed by atoms with E-state index in [1.54, 1.807) is 0 Å². The van der Waals surface area contributed by atoms with Crippen molar-refractivity contribution in [1.29, 1.82) is 0 Å². The molecule has 0 atom stereocenters. The minimum atomic E-state index is -0.856. The molecule has 2 heterocycles. The molecule has 2 aromatic heterocycles. The zero-order valence-corrected chi connectivity index (χ0v) is 39.0. The summed E-state index contributed by atoms with van der Waals surface area (Å²) in [6.45, 7) is 4.35. The molecule has 0 aliphatic heterocycles. The van der Waals surface area contributed by atoms with E-state index in [1.807, 2.05) is 36.4 Å². The van der Waals surface area contributed by atoms with Crippen LogP contribution >= 0.6 is 0 Å². The molecule has 2 aliphatic rings. The van der Waals surface area contributed by atoms with Crippen LogP contribution in [0.3, 0.4) is 0 Å². The third kappa shape index (κ3) is 6.01. The Balaban J connectivity index is 1.20. The molecule has 10 aromatic carbocycles. The molecule has 0 unspecified atom stereocenters. The second kappa shape index (κ2) is 15.9. The van der Waals surface area contributed by atoms with Crippen molar-refractivity contribution in [3.63, 3.8) is 0 Å². The van der Waals surface area contributed by atoms with Crippen molar-refractivity contribution in [3.05, 3.63) is 264 Å². The van der Waals surface area contributed by atoms with E-state index in [1.165, 1.54) is 22.3 Å². The largest absolute Gasteiger partial charge is 0.435 e. The lowest BCUT2D eigenvalue weighted by atomic mass is 9.70. The lowest BCUT2D eigenvalue weighted by Gasteiger charge is -2.33. The second-order valence-corrected chi connectivity index (χ2v) is 18.5. The first-order valence-corrected chi connectivity index (χ1v) is 24.2. The summed E-state index contributed by atoms with van der Waals surface area (Å²) in [6.07, 6.45) is 0. The summed E-state index contributed by atoms with van der Waals surface area (Å²) in [5.74, 6) is 1.07. The highest BCUT2D eigenvalue weighted by atomic mass is 16.4. The SMILES string of the molecule is Cc1ccccc1N(c1ccccc1)c1cc2c(c3oc(-c4ccccc4)nc13)-c1c(cc(N(c3ccccc3)c3ccccc3C)c3nc(-c4ccccc4)oc13)C21c2ccccc2-c2ccccc21. The van der Waals surface area contributed by atoms with Gasteiger partial charge in [-0.25, -0.2) is 9.97 Å². The molecule has 0 N–H and O–H groups in total. The van der Waals surface area contributed by atoms with E-state index >= 15 is 0 Å². The third-order valence-corrected chi connectivity index (χ3v) is 14.6. The van der Waals surface area contributed by atoms with Gasteiger partial charge in [-0.2, -0.15) is 0 Å². The number of rotatable bonds is 8. The zero-order chi connectivity index (χ0) is 47.2. The normalized spacial score (nSPS) is 12.8. The maximum absolute atomic E-state index is 7.39. The van der Waals surface area contributed by atoms with Crippen molar-refractivity contribution >= 4 is 56.3 Å². The van der Waals surface area contributed by atoms with E-state index in [4.69, 9.17) is 18.8 Å². The van der Waals surface area contributed by atoms with Gasteiger partial charge >= 0.3 is 0 Å². The van der Waals surface area contributed by atoms with Crippen molar-refractivity contribution in [2.75, 3.05) is 9.80 Å². The van der Waals surface area contributed by atoms with E-state index < -0.39 is 5.41 Å². The second-order valence-electron chi connectivity index (χ2n) is 18.5. The van der Waals surface area contributed by atoms with E-state index in [0.29, 0.717) is 22.9 Å². The average molecular weight is 913 g/mol. The highest BCUT2D eigenvalue weighted by Crippen LogP contribution is 2.67. The number of nitrogens with zero attached hydrogens (tertiary/aromatic N) is 4. The summed E-state index contributed by atoms with van der Waals surface area (Å²) in [7, 11) is 0. The van der Waals surface area contributed by atoms with Gasteiger partial charge < -0.3 is 18.6 Å². The van der Waals surface area contributed by atoms with Crippen LogP contribution in [0.25, 0.3) is 67.4 Å². The molecular formula is C65H44N4O2. The van der Waals surface area contributed by atoms with Crippen LogP contribution in [-0.4, -0.2) is 9.97 Å². The first kappa shape index (κ1) is 40.8. The fourth-order valence-corrected chi connectivity index (χ4v) is 11.5. The van der Waals surface area contributed by atoms with Crippen LogP contribution in [0.1, 0.15) is 33.4 Å². The van der Waals surface area contributed by atoms with Crippen LogP contribution in [0, 0.1) is 13.8 Å². The Morgan fingerprint density at radius 2 is 0.704 bits per heavy atom. The molecule has 0 fully saturated rings. The summed E-state index contributed by atoms with van der Waals surface area (Å²) in [5.41, 5.74) is 20.7. The number of benzene rings is 10. The Morgan fingerprint density at radius 1 is 0.352 bits per heavy atom. The van der Waals surface area contributed by atoms with Gasteiger partial charge in [0.25, 0.3) is 0 Å². The molecule has 336 valence electrons. The quantitative estimate of drug-likeness (QED) is 0.151. The van der Waals surface area contributed by atoms with Crippen LogP contribution in [0.5, 0.6) is 0 Å². The van der Waals surface area contributed by atoms with Gasteiger partial charge in [0, 0.05) is 45.0 Å². The molecule has 0 amide bonds. The van der Waals surface area contributed by atoms with E-state index in [9.17, 15) is 0 Å². The number of fused-ring (bicyclic) bond motifs is 14. The molecule has 14 rings (SSSR count). The minimum absolute atomic E-state index is 0.535. The number of aryl methyl sites for hydroxylation is 2. The molecule has 0 bridgehead atoms. The molecule has 0 radical (unpaired) electrons. The Hall–Kier alpha value is -9.26. The van der Waals surface area contributed by atoms with Gasteiger partial charge in [-0.1, -0.05) is 158 Å². The van der Waals surface area contributed by atoms with Crippen molar-refractivity contribution in [2.45, 2.75) is 19.3 Å². The highest BCUT2D eigenvalue weighted by molar-refractivity contribution is 6.16. The summed E-state index contributed by atoms with van der Waals surface area (Å²) in [4.78, 5) is 15.8. The Morgan fingerprint density at radius 3 is 1.11 bits per heavy atom. The van der Waals surface area contributed by atoms with Gasteiger partial charge in [0.15, 0.2) is 11.2 Å². The average Bonchev–Trinajstić information content (AvgIpc) is 4.23. The summed E-state index contributed by atoms with van der Waals surface area (Å²) < 4.78 is 14.8. The number of oxazole rings is 2. The highest BCUT2D eigenvalue weighted by Gasteiger charge is 2.55. The minimum Gasteiger partial charge on any atom is -0.435 e. The van der Waals surface area contributed by atoms with E-state index in [-0.39, 0.29) is 0 Å². The van der Waals surface area contributed by atoms with Crippen LogP contribution < -0.4 is 9.80 Å². The lowest BCUT2D eigenvalue weighted by Crippen LogP contribution is -2.27. The maximum Gasteiger partial charge on any atom is 0.227 e. The summed E-state index contributed by atoms with van der Waals surface area (Å²) in [6, 6.07) is 81.5. The molecular weight excluding hydrogens is 869 g/mol. The molecule has 2 aliphatic carbocycles. The maximum atomic E-state index is 7.39. The fraction of sp³-hybridized carbons (Fsp3) is 0.0462. The molecule has 12 aromatic rings. The third-order valence-electron chi connectivity index (χ3n) is 14.6. The number of hydrogen-bond acceptors (Lipinski definition) is 6. The van der Waals surface area contributed by atoms with E-state index in [0.717, 1.165) is 89.7 Å².